The molecular weight excluding hydrogens is 318 g/mol. The Morgan fingerprint density at radius 2 is 1.79 bits per heavy atom. The summed E-state index contributed by atoms with van der Waals surface area (Å²) in [6.45, 7) is 2.06. The number of rotatable bonds is 6. The molecule has 122 valence electrons. The minimum absolute atomic E-state index is 0.0323. The van der Waals surface area contributed by atoms with Gasteiger partial charge in [-0.2, -0.15) is 0 Å². The summed E-state index contributed by atoms with van der Waals surface area (Å²) in [5.41, 5.74) is 2.00. The van der Waals surface area contributed by atoms with E-state index in [9.17, 15) is 4.79 Å². The molecule has 0 atom stereocenters. The SMILES string of the molecule is CCSc1nc(NC(=O)CCc2ccccc2)c2ccccc2n1. The Bertz CT molecular complexity index is 836. The standard InChI is InChI=1S/C19H19N3OS/c1-2-24-19-20-16-11-7-6-10-15(16)18(22-19)21-17(23)13-12-14-8-4-3-5-9-14/h3-11H,2,12-13H2,1H3,(H,20,21,22,23). The quantitative estimate of drug-likeness (QED) is 0.538. The summed E-state index contributed by atoms with van der Waals surface area (Å²) < 4.78 is 0. The predicted octanol–water partition coefficient (Wildman–Crippen LogP) is 4.31. The van der Waals surface area contributed by atoms with Crippen LogP contribution in [0.4, 0.5) is 5.82 Å². The van der Waals surface area contributed by atoms with Crippen LogP contribution in [0.2, 0.25) is 0 Å². The fourth-order valence-corrected chi connectivity index (χ4v) is 3.02. The zero-order chi connectivity index (χ0) is 16.8. The van der Waals surface area contributed by atoms with Crippen LogP contribution >= 0.6 is 11.8 Å². The van der Waals surface area contributed by atoms with Gasteiger partial charge in [0.25, 0.3) is 0 Å². The Kier molecular flexibility index (Phi) is 5.43. The molecule has 1 heterocycles. The third-order valence-corrected chi connectivity index (χ3v) is 4.33. The van der Waals surface area contributed by atoms with Crippen molar-refractivity contribution in [3.8, 4) is 0 Å². The lowest BCUT2D eigenvalue weighted by atomic mass is 10.1. The van der Waals surface area contributed by atoms with E-state index in [1.165, 1.54) is 0 Å². The highest BCUT2D eigenvalue weighted by Gasteiger charge is 2.11. The van der Waals surface area contributed by atoms with E-state index in [1.54, 1.807) is 11.8 Å². The minimum atomic E-state index is -0.0323. The first kappa shape index (κ1) is 16.5. The molecule has 4 nitrogen and oxygen atoms in total. The Hall–Kier alpha value is -2.40. The zero-order valence-electron chi connectivity index (χ0n) is 13.5. The van der Waals surface area contributed by atoms with Gasteiger partial charge in [0, 0.05) is 11.8 Å². The van der Waals surface area contributed by atoms with Gasteiger partial charge >= 0.3 is 0 Å². The molecule has 0 aliphatic heterocycles. The number of benzene rings is 2. The maximum absolute atomic E-state index is 12.3. The highest BCUT2D eigenvalue weighted by atomic mass is 32.2. The van der Waals surface area contributed by atoms with Crippen LogP contribution in [0.5, 0.6) is 0 Å². The molecule has 0 spiro atoms. The molecule has 24 heavy (non-hydrogen) atoms. The number of anilines is 1. The molecule has 0 aliphatic carbocycles. The van der Waals surface area contributed by atoms with Gasteiger partial charge in [-0.3, -0.25) is 4.79 Å². The molecule has 1 aromatic heterocycles. The first-order chi connectivity index (χ1) is 11.8. The van der Waals surface area contributed by atoms with Gasteiger partial charge in [-0.05, 0) is 29.9 Å². The van der Waals surface area contributed by atoms with Gasteiger partial charge in [-0.15, -0.1) is 0 Å². The first-order valence-corrected chi connectivity index (χ1v) is 8.98. The van der Waals surface area contributed by atoms with Crippen molar-refractivity contribution in [1.82, 2.24) is 9.97 Å². The number of nitrogens with zero attached hydrogens (tertiary/aromatic N) is 2. The average molecular weight is 337 g/mol. The smallest absolute Gasteiger partial charge is 0.225 e. The maximum atomic E-state index is 12.3. The lowest BCUT2D eigenvalue weighted by Crippen LogP contribution is -2.14. The Balaban J connectivity index is 1.77. The first-order valence-electron chi connectivity index (χ1n) is 7.99. The molecule has 2 aromatic carbocycles. The molecule has 0 radical (unpaired) electrons. The molecule has 1 N–H and O–H groups in total. The van der Waals surface area contributed by atoms with Gasteiger partial charge in [0.15, 0.2) is 5.16 Å². The summed E-state index contributed by atoms with van der Waals surface area (Å²) in [7, 11) is 0. The van der Waals surface area contributed by atoms with Crippen molar-refractivity contribution >= 4 is 34.4 Å². The molecular formula is C19H19N3OS. The molecule has 5 heteroatoms. The third kappa shape index (κ3) is 4.11. The fraction of sp³-hybridized carbons (Fsp3) is 0.211. The number of amides is 1. The van der Waals surface area contributed by atoms with Crippen LogP contribution in [-0.4, -0.2) is 21.6 Å². The van der Waals surface area contributed by atoms with E-state index in [2.05, 4.69) is 22.2 Å². The summed E-state index contributed by atoms with van der Waals surface area (Å²) in [4.78, 5) is 21.4. The number of thioether (sulfide) groups is 1. The van der Waals surface area contributed by atoms with E-state index in [-0.39, 0.29) is 5.91 Å². The topological polar surface area (TPSA) is 54.9 Å². The Morgan fingerprint density at radius 1 is 1.04 bits per heavy atom. The zero-order valence-corrected chi connectivity index (χ0v) is 14.3. The van der Waals surface area contributed by atoms with Gasteiger partial charge in [-0.1, -0.05) is 61.2 Å². The molecule has 0 bridgehead atoms. The van der Waals surface area contributed by atoms with Crippen LogP contribution < -0.4 is 5.32 Å². The number of fused-ring (bicyclic) bond motifs is 1. The van der Waals surface area contributed by atoms with Crippen LogP contribution in [0.25, 0.3) is 10.9 Å². The minimum Gasteiger partial charge on any atom is -0.310 e. The van der Waals surface area contributed by atoms with Crippen LogP contribution in [0.3, 0.4) is 0 Å². The van der Waals surface area contributed by atoms with Crippen LogP contribution in [-0.2, 0) is 11.2 Å². The molecule has 3 aromatic rings. The van der Waals surface area contributed by atoms with Crippen LogP contribution in [0.1, 0.15) is 18.9 Å². The van der Waals surface area contributed by atoms with Gasteiger partial charge in [0.1, 0.15) is 5.82 Å². The maximum Gasteiger partial charge on any atom is 0.225 e. The number of hydrogen-bond acceptors (Lipinski definition) is 4. The summed E-state index contributed by atoms with van der Waals surface area (Å²) in [5, 5.41) is 4.51. The summed E-state index contributed by atoms with van der Waals surface area (Å²) in [6, 6.07) is 17.8. The summed E-state index contributed by atoms with van der Waals surface area (Å²) in [5.74, 6) is 1.45. The van der Waals surface area contributed by atoms with E-state index in [4.69, 9.17) is 0 Å². The fourth-order valence-electron chi connectivity index (χ4n) is 2.44. The van der Waals surface area contributed by atoms with E-state index < -0.39 is 0 Å². The molecule has 0 fully saturated rings. The van der Waals surface area contributed by atoms with E-state index in [0.29, 0.717) is 23.8 Å². The largest absolute Gasteiger partial charge is 0.310 e. The van der Waals surface area contributed by atoms with Crippen molar-refractivity contribution in [3.05, 3.63) is 60.2 Å². The van der Waals surface area contributed by atoms with Crippen molar-refractivity contribution < 1.29 is 4.79 Å². The number of carbonyl (C=O) groups is 1. The van der Waals surface area contributed by atoms with Crippen molar-refractivity contribution in [2.45, 2.75) is 24.9 Å². The van der Waals surface area contributed by atoms with Gasteiger partial charge in [0.05, 0.1) is 5.52 Å². The second kappa shape index (κ2) is 7.93. The highest BCUT2D eigenvalue weighted by Crippen LogP contribution is 2.24. The Morgan fingerprint density at radius 3 is 2.58 bits per heavy atom. The third-order valence-electron chi connectivity index (χ3n) is 3.60. The number of nitrogens with one attached hydrogen (secondary N) is 1. The lowest BCUT2D eigenvalue weighted by molar-refractivity contribution is -0.116. The van der Waals surface area contributed by atoms with Crippen LogP contribution in [0.15, 0.2) is 59.8 Å². The molecule has 0 saturated carbocycles. The normalized spacial score (nSPS) is 10.7. The number of carbonyl (C=O) groups excluding carboxylic acids is 1. The lowest BCUT2D eigenvalue weighted by Gasteiger charge is -2.09. The second-order valence-electron chi connectivity index (χ2n) is 5.34. The Labute approximate surface area is 145 Å². The number of aryl methyl sites for hydroxylation is 1. The second-order valence-corrected chi connectivity index (χ2v) is 6.57. The molecule has 1 amide bonds. The number of hydrogen-bond donors (Lipinski definition) is 1. The van der Waals surface area contributed by atoms with E-state index >= 15 is 0 Å². The highest BCUT2D eigenvalue weighted by molar-refractivity contribution is 7.99. The van der Waals surface area contributed by atoms with Gasteiger partial charge in [0.2, 0.25) is 5.91 Å². The molecule has 0 aliphatic rings. The van der Waals surface area contributed by atoms with E-state index in [0.717, 1.165) is 22.2 Å². The van der Waals surface area contributed by atoms with Crippen LogP contribution in [0, 0.1) is 0 Å². The molecule has 0 saturated heterocycles. The van der Waals surface area contributed by atoms with Gasteiger partial charge < -0.3 is 5.32 Å². The summed E-state index contributed by atoms with van der Waals surface area (Å²) in [6.07, 6.45) is 1.14. The van der Waals surface area contributed by atoms with E-state index in [1.807, 2.05) is 54.6 Å². The van der Waals surface area contributed by atoms with Gasteiger partial charge in [-0.25, -0.2) is 9.97 Å². The summed E-state index contributed by atoms with van der Waals surface area (Å²) >= 11 is 1.57. The monoisotopic (exact) mass is 337 g/mol. The van der Waals surface area contributed by atoms with Crippen molar-refractivity contribution in [2.24, 2.45) is 0 Å². The van der Waals surface area contributed by atoms with Crippen molar-refractivity contribution in [3.63, 3.8) is 0 Å². The van der Waals surface area contributed by atoms with Crippen molar-refractivity contribution in [2.75, 3.05) is 11.1 Å². The number of aromatic nitrogens is 2. The number of para-hydroxylation sites is 1. The molecule has 3 rings (SSSR count). The average Bonchev–Trinajstić information content (AvgIpc) is 2.61. The molecule has 0 unspecified atom stereocenters. The van der Waals surface area contributed by atoms with Crippen molar-refractivity contribution in [1.29, 1.82) is 0 Å². The predicted molar refractivity (Wildman–Crippen MR) is 99.3 cm³/mol.